The Kier molecular flexibility index (Phi) is 5.59. The number of carbonyl (C=O) groups is 1. The van der Waals surface area contributed by atoms with E-state index in [1.165, 1.54) is 0 Å². The van der Waals surface area contributed by atoms with Crippen molar-refractivity contribution in [2.24, 2.45) is 7.05 Å². The average molecular weight is 364 g/mol. The van der Waals surface area contributed by atoms with Crippen LogP contribution in [0.5, 0.6) is 0 Å². The van der Waals surface area contributed by atoms with Gasteiger partial charge in [0.05, 0.1) is 23.0 Å². The summed E-state index contributed by atoms with van der Waals surface area (Å²) in [5.74, 6) is 0.0781. The lowest BCUT2D eigenvalue weighted by atomic mass is 10.0. The van der Waals surface area contributed by atoms with Gasteiger partial charge in [0.1, 0.15) is 0 Å². The average Bonchev–Trinajstić information content (AvgIpc) is 3.11. The number of aromatic nitrogens is 3. The van der Waals surface area contributed by atoms with Crippen LogP contribution in [0.4, 0.5) is 0 Å². The summed E-state index contributed by atoms with van der Waals surface area (Å²) in [5.41, 5.74) is 4.37. The predicted octanol–water partition coefficient (Wildman–Crippen LogP) is 4.59. The molecule has 0 aliphatic rings. The van der Waals surface area contributed by atoms with Crippen LogP contribution in [0.1, 0.15) is 49.5 Å². The molecule has 0 atom stereocenters. The monoisotopic (exact) mass is 364 g/mol. The molecule has 0 fully saturated rings. The summed E-state index contributed by atoms with van der Waals surface area (Å²) in [6.45, 7) is 9.06. The van der Waals surface area contributed by atoms with E-state index in [1.807, 2.05) is 56.3 Å². The predicted molar refractivity (Wildman–Crippen MR) is 110 cm³/mol. The fraction of sp³-hybridized carbons (Fsp3) is 0.409. The Balaban J connectivity index is 2.21. The van der Waals surface area contributed by atoms with Crippen LogP contribution in [0.3, 0.4) is 0 Å². The van der Waals surface area contributed by atoms with Gasteiger partial charge in [-0.15, -0.1) is 0 Å². The van der Waals surface area contributed by atoms with E-state index in [2.05, 4.69) is 18.9 Å². The van der Waals surface area contributed by atoms with Crippen LogP contribution < -0.4 is 0 Å². The van der Waals surface area contributed by atoms with Crippen molar-refractivity contribution in [3.8, 4) is 11.3 Å². The van der Waals surface area contributed by atoms with Gasteiger partial charge in [0.2, 0.25) is 0 Å². The smallest absolute Gasteiger partial charge is 0.254 e. The zero-order chi connectivity index (χ0) is 19.6. The summed E-state index contributed by atoms with van der Waals surface area (Å²) in [7, 11) is 1.88. The van der Waals surface area contributed by atoms with E-state index in [-0.39, 0.29) is 11.9 Å². The van der Waals surface area contributed by atoms with Crippen molar-refractivity contribution in [3.63, 3.8) is 0 Å². The number of para-hydroxylation sites is 1. The number of rotatable bonds is 6. The van der Waals surface area contributed by atoms with E-state index in [4.69, 9.17) is 4.98 Å². The van der Waals surface area contributed by atoms with Gasteiger partial charge in [0.25, 0.3) is 5.91 Å². The Hall–Kier alpha value is -2.69. The number of hydrogen-bond acceptors (Lipinski definition) is 3. The minimum atomic E-state index is 0.0781. The van der Waals surface area contributed by atoms with E-state index in [9.17, 15) is 4.79 Å². The van der Waals surface area contributed by atoms with Gasteiger partial charge < -0.3 is 4.90 Å². The number of carbonyl (C=O) groups excluding carboxylic acids is 1. The van der Waals surface area contributed by atoms with E-state index >= 15 is 0 Å². The third kappa shape index (κ3) is 3.59. The quantitative estimate of drug-likeness (QED) is 0.642. The van der Waals surface area contributed by atoms with Crippen molar-refractivity contribution in [2.75, 3.05) is 6.54 Å². The van der Waals surface area contributed by atoms with Crippen LogP contribution in [-0.4, -0.2) is 38.2 Å². The maximum absolute atomic E-state index is 13.5. The number of fused-ring (bicyclic) bond motifs is 1. The molecule has 1 amide bonds. The molecule has 0 N–H and O–H groups in total. The summed E-state index contributed by atoms with van der Waals surface area (Å²) < 4.78 is 1.75. The van der Waals surface area contributed by atoms with Gasteiger partial charge in [0, 0.05) is 36.8 Å². The lowest BCUT2D eigenvalue weighted by Crippen LogP contribution is -2.39. The number of nitrogens with zero attached hydrogens (tertiary/aromatic N) is 4. The molecule has 27 heavy (non-hydrogen) atoms. The second-order valence-corrected chi connectivity index (χ2v) is 6.99. The van der Waals surface area contributed by atoms with Crippen molar-refractivity contribution >= 4 is 16.8 Å². The fourth-order valence-corrected chi connectivity index (χ4v) is 3.72. The zero-order valence-electron chi connectivity index (χ0n) is 16.9. The lowest BCUT2D eigenvalue weighted by Gasteiger charge is -2.30. The van der Waals surface area contributed by atoms with E-state index in [1.54, 1.807) is 10.9 Å². The van der Waals surface area contributed by atoms with Crippen molar-refractivity contribution in [1.29, 1.82) is 0 Å². The summed E-state index contributed by atoms with van der Waals surface area (Å²) in [6.07, 6.45) is 5.62. The molecule has 0 saturated heterocycles. The summed E-state index contributed by atoms with van der Waals surface area (Å²) in [6, 6.07) is 8.20. The Bertz CT molecular complexity index is 956. The summed E-state index contributed by atoms with van der Waals surface area (Å²) in [5, 5.41) is 5.17. The van der Waals surface area contributed by atoms with Gasteiger partial charge in [0.15, 0.2) is 0 Å². The van der Waals surface area contributed by atoms with Crippen molar-refractivity contribution in [2.45, 2.75) is 46.6 Å². The second-order valence-electron chi connectivity index (χ2n) is 6.99. The second kappa shape index (κ2) is 7.91. The number of pyridine rings is 1. The number of hydrogen-bond donors (Lipinski definition) is 0. The molecule has 5 heteroatoms. The first-order valence-electron chi connectivity index (χ1n) is 9.70. The van der Waals surface area contributed by atoms with Crippen molar-refractivity contribution in [1.82, 2.24) is 19.7 Å². The maximum Gasteiger partial charge on any atom is 0.254 e. The highest BCUT2D eigenvalue weighted by atomic mass is 16.2. The van der Waals surface area contributed by atoms with Gasteiger partial charge in [-0.1, -0.05) is 32.0 Å². The van der Waals surface area contributed by atoms with E-state index in [0.717, 1.165) is 46.1 Å². The minimum absolute atomic E-state index is 0.0781. The molecule has 0 aliphatic heterocycles. The highest BCUT2D eigenvalue weighted by molar-refractivity contribution is 6.07. The summed E-state index contributed by atoms with van der Waals surface area (Å²) >= 11 is 0. The van der Waals surface area contributed by atoms with Gasteiger partial charge in [-0.05, 0) is 38.3 Å². The molecule has 0 saturated carbocycles. The molecule has 5 nitrogen and oxygen atoms in total. The standard InChI is InChI=1S/C22H28N4O/c1-6-17(7-2)26(8-3)22(27)19-12-20(16-13-23-25(5)14-16)24-21-15(4)10-9-11-18(19)21/h9-14,17H,6-8H2,1-5H3. The SMILES string of the molecule is CCC(CC)N(CC)C(=O)c1cc(-c2cnn(C)c2)nc2c(C)cccc12. The Morgan fingerprint density at radius 2 is 1.96 bits per heavy atom. The van der Waals surface area contributed by atoms with Gasteiger partial charge >= 0.3 is 0 Å². The first kappa shape index (κ1) is 19.1. The Labute approximate surface area is 161 Å². The third-order valence-corrected chi connectivity index (χ3v) is 5.26. The van der Waals surface area contributed by atoms with E-state index < -0.39 is 0 Å². The zero-order valence-corrected chi connectivity index (χ0v) is 16.9. The largest absolute Gasteiger partial charge is 0.336 e. The summed E-state index contributed by atoms with van der Waals surface area (Å²) in [4.78, 5) is 20.4. The Morgan fingerprint density at radius 3 is 2.56 bits per heavy atom. The lowest BCUT2D eigenvalue weighted by molar-refractivity contribution is 0.0682. The molecule has 0 unspecified atom stereocenters. The molecule has 0 spiro atoms. The first-order chi connectivity index (χ1) is 13.0. The van der Waals surface area contributed by atoms with Crippen LogP contribution in [0.15, 0.2) is 36.7 Å². The number of benzene rings is 1. The van der Waals surface area contributed by atoms with Gasteiger partial charge in [-0.2, -0.15) is 5.10 Å². The molecule has 3 aromatic rings. The van der Waals surface area contributed by atoms with Crippen molar-refractivity contribution < 1.29 is 4.79 Å². The van der Waals surface area contributed by atoms with Crippen LogP contribution in [-0.2, 0) is 7.05 Å². The molecule has 3 rings (SSSR count). The first-order valence-corrected chi connectivity index (χ1v) is 9.70. The Morgan fingerprint density at radius 1 is 1.22 bits per heavy atom. The highest BCUT2D eigenvalue weighted by Gasteiger charge is 2.24. The molecule has 1 aromatic carbocycles. The number of amides is 1. The molecule has 0 bridgehead atoms. The molecular weight excluding hydrogens is 336 g/mol. The highest BCUT2D eigenvalue weighted by Crippen LogP contribution is 2.28. The van der Waals surface area contributed by atoms with Gasteiger partial charge in [-0.25, -0.2) is 4.98 Å². The topological polar surface area (TPSA) is 51.0 Å². The fourth-order valence-electron chi connectivity index (χ4n) is 3.72. The molecule has 2 heterocycles. The maximum atomic E-state index is 13.5. The normalized spacial score (nSPS) is 11.3. The molecule has 0 radical (unpaired) electrons. The van der Waals surface area contributed by atoms with Crippen LogP contribution in [0.2, 0.25) is 0 Å². The number of aryl methyl sites for hydroxylation is 2. The molecule has 142 valence electrons. The molecular formula is C22H28N4O. The van der Waals surface area contributed by atoms with E-state index in [0.29, 0.717) is 6.54 Å². The van der Waals surface area contributed by atoms with Crippen LogP contribution in [0.25, 0.3) is 22.2 Å². The van der Waals surface area contributed by atoms with Crippen molar-refractivity contribution in [3.05, 3.63) is 47.8 Å². The van der Waals surface area contributed by atoms with Gasteiger partial charge in [-0.3, -0.25) is 9.48 Å². The molecule has 2 aromatic heterocycles. The molecule has 0 aliphatic carbocycles. The minimum Gasteiger partial charge on any atom is -0.336 e. The third-order valence-electron chi connectivity index (χ3n) is 5.26. The van der Waals surface area contributed by atoms with Crippen LogP contribution >= 0.6 is 0 Å². The van der Waals surface area contributed by atoms with Crippen LogP contribution in [0, 0.1) is 6.92 Å².